The number of nitrogens with one attached hydrogen (secondary N) is 2. The molecule has 0 saturated heterocycles. The van der Waals surface area contributed by atoms with Crippen LogP contribution in [0.4, 0.5) is 5.13 Å². The number of sulfonamides is 1. The van der Waals surface area contributed by atoms with Crippen LogP contribution in [0.15, 0.2) is 35.7 Å². The molecular weight excluding hydrogens is 346 g/mol. The van der Waals surface area contributed by atoms with Crippen LogP contribution in [0.25, 0.3) is 6.08 Å². The van der Waals surface area contributed by atoms with Crippen molar-refractivity contribution < 1.29 is 13.2 Å². The highest BCUT2D eigenvalue weighted by Gasteiger charge is 2.10. The van der Waals surface area contributed by atoms with Crippen molar-refractivity contribution in [1.29, 1.82) is 0 Å². The summed E-state index contributed by atoms with van der Waals surface area (Å²) in [5, 5.41) is 4.28. The van der Waals surface area contributed by atoms with Gasteiger partial charge in [-0.25, -0.2) is 18.1 Å². The number of aryl methyl sites for hydroxylation is 2. The van der Waals surface area contributed by atoms with E-state index in [1.807, 2.05) is 32.0 Å². The number of anilines is 1. The predicted octanol–water partition coefficient (Wildman–Crippen LogP) is 2.68. The Morgan fingerprint density at radius 3 is 2.58 bits per heavy atom. The van der Waals surface area contributed by atoms with Crippen LogP contribution in [-0.4, -0.2) is 25.9 Å². The summed E-state index contributed by atoms with van der Waals surface area (Å²) in [4.78, 5) is 17.0. The Kier molecular flexibility index (Phi) is 6.24. The predicted molar refractivity (Wildman–Crippen MR) is 97.2 cm³/mol. The van der Waals surface area contributed by atoms with E-state index in [4.69, 9.17) is 0 Å². The Morgan fingerprint density at radius 2 is 1.96 bits per heavy atom. The van der Waals surface area contributed by atoms with E-state index in [1.165, 1.54) is 17.4 Å². The largest absolute Gasteiger partial charge is 0.302 e. The van der Waals surface area contributed by atoms with Gasteiger partial charge in [-0.3, -0.25) is 4.79 Å². The molecule has 6 nitrogen and oxygen atoms in total. The SMILES string of the molecule is Cc1nc(NC(=O)CCNS(=O)(=O)/C=C/c2ccccc2)sc1C. The highest BCUT2D eigenvalue weighted by molar-refractivity contribution is 7.92. The van der Waals surface area contributed by atoms with Gasteiger partial charge in [0.1, 0.15) is 0 Å². The lowest BCUT2D eigenvalue weighted by Crippen LogP contribution is -2.26. The quantitative estimate of drug-likeness (QED) is 0.789. The number of hydrogen-bond donors (Lipinski definition) is 2. The van der Waals surface area contributed by atoms with Gasteiger partial charge in [-0.1, -0.05) is 30.3 Å². The molecule has 0 aliphatic carbocycles. The lowest BCUT2D eigenvalue weighted by molar-refractivity contribution is -0.116. The first-order valence-corrected chi connectivity index (χ1v) is 9.69. The summed E-state index contributed by atoms with van der Waals surface area (Å²) in [6.07, 6.45) is 1.54. The van der Waals surface area contributed by atoms with Gasteiger partial charge in [0.2, 0.25) is 15.9 Å². The summed E-state index contributed by atoms with van der Waals surface area (Å²) in [6.45, 7) is 3.82. The minimum absolute atomic E-state index is 0.0244. The topological polar surface area (TPSA) is 88.2 Å². The second kappa shape index (κ2) is 8.18. The summed E-state index contributed by atoms with van der Waals surface area (Å²) in [7, 11) is -3.57. The fourth-order valence-electron chi connectivity index (χ4n) is 1.80. The van der Waals surface area contributed by atoms with Gasteiger partial charge in [0, 0.05) is 23.3 Å². The second-order valence-electron chi connectivity index (χ2n) is 5.11. The van der Waals surface area contributed by atoms with Crippen LogP contribution < -0.4 is 10.0 Å². The first-order valence-electron chi connectivity index (χ1n) is 7.32. The Hall–Kier alpha value is -2.03. The molecule has 0 aliphatic heterocycles. The molecule has 0 fully saturated rings. The van der Waals surface area contributed by atoms with E-state index in [2.05, 4.69) is 15.0 Å². The molecule has 0 bridgehead atoms. The van der Waals surface area contributed by atoms with Crippen molar-refractivity contribution in [2.45, 2.75) is 20.3 Å². The molecule has 2 aromatic rings. The third kappa shape index (κ3) is 5.88. The van der Waals surface area contributed by atoms with E-state index in [0.29, 0.717) is 5.13 Å². The van der Waals surface area contributed by atoms with E-state index in [0.717, 1.165) is 21.5 Å². The van der Waals surface area contributed by atoms with Gasteiger partial charge in [-0.05, 0) is 25.5 Å². The third-order valence-corrected chi connectivity index (χ3v) is 5.26. The number of hydrogen-bond acceptors (Lipinski definition) is 5. The Morgan fingerprint density at radius 1 is 1.25 bits per heavy atom. The Balaban J connectivity index is 1.80. The molecule has 1 heterocycles. The zero-order valence-electron chi connectivity index (χ0n) is 13.4. The van der Waals surface area contributed by atoms with Gasteiger partial charge in [-0.15, -0.1) is 11.3 Å². The lowest BCUT2D eigenvalue weighted by Gasteiger charge is -2.03. The molecule has 1 aromatic heterocycles. The Bertz CT molecular complexity index is 808. The maximum absolute atomic E-state index is 11.9. The summed E-state index contributed by atoms with van der Waals surface area (Å²) >= 11 is 1.39. The van der Waals surface area contributed by atoms with E-state index >= 15 is 0 Å². The minimum Gasteiger partial charge on any atom is -0.302 e. The zero-order chi connectivity index (χ0) is 17.6. The van der Waals surface area contributed by atoms with Crippen molar-refractivity contribution in [3.8, 4) is 0 Å². The third-order valence-electron chi connectivity index (χ3n) is 3.17. The van der Waals surface area contributed by atoms with E-state index in [9.17, 15) is 13.2 Å². The van der Waals surface area contributed by atoms with Crippen molar-refractivity contribution >= 4 is 38.5 Å². The summed E-state index contributed by atoms with van der Waals surface area (Å²) in [6, 6.07) is 9.11. The van der Waals surface area contributed by atoms with E-state index in [-0.39, 0.29) is 18.9 Å². The lowest BCUT2D eigenvalue weighted by atomic mass is 10.2. The van der Waals surface area contributed by atoms with Crippen molar-refractivity contribution in [1.82, 2.24) is 9.71 Å². The minimum atomic E-state index is -3.57. The molecule has 2 N–H and O–H groups in total. The average Bonchev–Trinajstić information content (AvgIpc) is 2.84. The van der Waals surface area contributed by atoms with Gasteiger partial charge < -0.3 is 5.32 Å². The number of amides is 1. The van der Waals surface area contributed by atoms with Crippen LogP contribution in [0.1, 0.15) is 22.6 Å². The molecule has 1 aromatic carbocycles. The van der Waals surface area contributed by atoms with Crippen molar-refractivity contribution in [3.05, 3.63) is 51.9 Å². The number of aromatic nitrogens is 1. The number of carbonyl (C=O) groups excluding carboxylic acids is 1. The van der Waals surface area contributed by atoms with Crippen LogP contribution in [0.5, 0.6) is 0 Å². The number of carbonyl (C=O) groups is 1. The summed E-state index contributed by atoms with van der Waals surface area (Å²) in [5.74, 6) is -0.279. The number of thiazole rings is 1. The van der Waals surface area contributed by atoms with Crippen molar-refractivity contribution in [2.75, 3.05) is 11.9 Å². The smallest absolute Gasteiger partial charge is 0.233 e. The van der Waals surface area contributed by atoms with Crippen LogP contribution in [-0.2, 0) is 14.8 Å². The average molecular weight is 365 g/mol. The number of rotatable bonds is 7. The molecule has 0 unspecified atom stereocenters. The molecule has 8 heteroatoms. The number of benzene rings is 1. The van der Waals surface area contributed by atoms with Gasteiger partial charge in [0.25, 0.3) is 0 Å². The van der Waals surface area contributed by atoms with Gasteiger partial charge in [0.15, 0.2) is 5.13 Å². The standard InChI is InChI=1S/C16H19N3O3S2/c1-12-13(2)23-16(18-12)19-15(20)8-10-17-24(21,22)11-9-14-6-4-3-5-7-14/h3-7,9,11,17H,8,10H2,1-2H3,(H,18,19,20)/b11-9+. The maximum Gasteiger partial charge on any atom is 0.233 e. The molecule has 0 atom stereocenters. The molecule has 0 saturated carbocycles. The fraction of sp³-hybridized carbons (Fsp3) is 0.250. The highest BCUT2D eigenvalue weighted by atomic mass is 32.2. The molecular formula is C16H19N3O3S2. The molecule has 0 radical (unpaired) electrons. The van der Waals surface area contributed by atoms with E-state index < -0.39 is 10.0 Å². The molecule has 24 heavy (non-hydrogen) atoms. The van der Waals surface area contributed by atoms with Gasteiger partial charge >= 0.3 is 0 Å². The number of nitrogens with zero attached hydrogens (tertiary/aromatic N) is 1. The highest BCUT2D eigenvalue weighted by Crippen LogP contribution is 2.20. The van der Waals surface area contributed by atoms with Crippen molar-refractivity contribution in [3.63, 3.8) is 0 Å². The summed E-state index contributed by atoms with van der Waals surface area (Å²) < 4.78 is 26.1. The fourth-order valence-corrected chi connectivity index (χ4v) is 3.45. The second-order valence-corrected chi connectivity index (χ2v) is 7.97. The molecule has 128 valence electrons. The van der Waals surface area contributed by atoms with Crippen LogP contribution in [0.2, 0.25) is 0 Å². The Labute approximate surface area is 145 Å². The first-order chi connectivity index (χ1) is 11.4. The van der Waals surface area contributed by atoms with Crippen LogP contribution in [0, 0.1) is 13.8 Å². The van der Waals surface area contributed by atoms with Crippen LogP contribution >= 0.6 is 11.3 Å². The zero-order valence-corrected chi connectivity index (χ0v) is 15.1. The molecule has 0 aliphatic rings. The molecule has 2 rings (SSSR count). The molecule has 1 amide bonds. The first kappa shape index (κ1) is 18.3. The van der Waals surface area contributed by atoms with Gasteiger partial charge in [-0.2, -0.15) is 0 Å². The van der Waals surface area contributed by atoms with Gasteiger partial charge in [0.05, 0.1) is 5.69 Å². The van der Waals surface area contributed by atoms with E-state index in [1.54, 1.807) is 12.1 Å². The molecule has 0 spiro atoms. The van der Waals surface area contributed by atoms with Crippen molar-refractivity contribution in [2.24, 2.45) is 0 Å². The monoisotopic (exact) mass is 365 g/mol. The maximum atomic E-state index is 11.9. The normalized spacial score (nSPS) is 11.8. The summed E-state index contributed by atoms with van der Waals surface area (Å²) in [5.41, 5.74) is 1.66. The van der Waals surface area contributed by atoms with Crippen LogP contribution in [0.3, 0.4) is 0 Å².